The first-order chi connectivity index (χ1) is 29.9. The number of carbonyl (C=O) groups is 4. The first-order valence-corrected chi connectivity index (χ1v) is 21.9. The molecule has 62 heavy (non-hydrogen) atoms. The number of carbonyl (C=O) groups excluding carboxylic acids is 4. The molecule has 5 aliphatic rings. The fraction of sp³-hybridized carbons (Fsp3) is 0.426. The third-order valence-electron chi connectivity index (χ3n) is 13.5. The van der Waals surface area contributed by atoms with Crippen LogP contribution in [0.4, 0.5) is 11.6 Å². The average Bonchev–Trinajstić information content (AvgIpc) is 3.88. The van der Waals surface area contributed by atoms with Crippen molar-refractivity contribution in [2.75, 3.05) is 62.2 Å². The number of fused-ring (bicyclic) bond motifs is 1. The number of halogens is 1. The number of hydrogen-bond acceptors (Lipinski definition) is 12. The minimum atomic E-state index is -0.967. The Morgan fingerprint density at radius 1 is 0.790 bits per heavy atom. The van der Waals surface area contributed by atoms with Crippen LogP contribution in [0.25, 0.3) is 0 Å². The predicted octanol–water partition coefficient (Wildman–Crippen LogP) is 5.17. The van der Waals surface area contributed by atoms with E-state index >= 15 is 0 Å². The van der Waals surface area contributed by atoms with E-state index in [1.165, 1.54) is 0 Å². The van der Waals surface area contributed by atoms with Crippen molar-refractivity contribution >= 4 is 46.9 Å². The van der Waals surface area contributed by atoms with Crippen molar-refractivity contribution in [2.45, 2.75) is 76.1 Å². The molecule has 1 N–H and O–H groups in total. The quantitative estimate of drug-likeness (QED) is 0.209. The van der Waals surface area contributed by atoms with Crippen molar-refractivity contribution in [3.63, 3.8) is 0 Å². The number of nitrogens with zero attached hydrogens (tertiary/aromatic N) is 8. The third-order valence-corrected chi connectivity index (χ3v) is 13.7. The molecule has 0 aliphatic carbocycles. The molecule has 4 amide bonds. The van der Waals surface area contributed by atoms with E-state index in [9.17, 15) is 24.4 Å². The van der Waals surface area contributed by atoms with E-state index in [1.807, 2.05) is 42.6 Å². The molecule has 4 fully saturated rings. The first kappa shape index (κ1) is 41.5. The largest absolute Gasteiger partial charge is 0.487 e. The van der Waals surface area contributed by atoms with Gasteiger partial charge in [0.15, 0.2) is 0 Å². The Morgan fingerprint density at radius 3 is 2.27 bits per heavy atom. The van der Waals surface area contributed by atoms with Gasteiger partial charge in [0.2, 0.25) is 17.8 Å². The number of imide groups is 2. The van der Waals surface area contributed by atoms with Crippen LogP contribution in [-0.2, 0) is 21.6 Å². The van der Waals surface area contributed by atoms with Crippen LogP contribution in [0.2, 0.25) is 5.02 Å². The fourth-order valence-electron chi connectivity index (χ4n) is 9.75. The second kappa shape index (κ2) is 17.1. The van der Waals surface area contributed by atoms with Gasteiger partial charge < -0.3 is 14.5 Å². The molecule has 5 aliphatic heterocycles. The summed E-state index contributed by atoms with van der Waals surface area (Å²) < 4.78 is 6.16. The third kappa shape index (κ3) is 8.24. The maximum absolute atomic E-state index is 13.4. The van der Waals surface area contributed by atoms with Gasteiger partial charge in [0.1, 0.15) is 18.4 Å². The van der Waals surface area contributed by atoms with Gasteiger partial charge in [0.25, 0.3) is 11.8 Å². The molecule has 320 valence electrons. The van der Waals surface area contributed by atoms with E-state index in [1.54, 1.807) is 18.2 Å². The molecule has 14 nitrogen and oxygen atoms in total. The summed E-state index contributed by atoms with van der Waals surface area (Å²) in [6, 6.07) is 23.0. The molecular weight excluding hydrogens is 806 g/mol. The number of likely N-dealkylation sites (tertiary alicyclic amines) is 1. The number of aromatic nitrogens is 2. The SMILES string of the molecule is CC(C)(c1ccc(OCc2ccnc(N3CCN(C4CCN(C5CCN(c6ccc7c(c6)C(=O)N(C6CCC(=O)NC6=O)C7=O)CC5)C4)CC3)n2)cc1)c1cc(Cl)cc(C#N)c1. The van der Waals surface area contributed by atoms with Gasteiger partial charge in [-0.05, 0) is 91.4 Å². The number of anilines is 2. The summed E-state index contributed by atoms with van der Waals surface area (Å²) in [5.74, 6) is -0.464. The molecule has 0 bridgehead atoms. The summed E-state index contributed by atoms with van der Waals surface area (Å²) in [5.41, 5.74) is 4.60. The maximum atomic E-state index is 13.4. The molecule has 3 aromatic carbocycles. The highest BCUT2D eigenvalue weighted by atomic mass is 35.5. The zero-order chi connectivity index (χ0) is 43.1. The van der Waals surface area contributed by atoms with Crippen molar-refractivity contribution in [1.82, 2.24) is 30.0 Å². The number of piperidine rings is 2. The number of benzene rings is 3. The Kier molecular flexibility index (Phi) is 11.4. The molecule has 2 atom stereocenters. The van der Waals surface area contributed by atoms with Crippen molar-refractivity contribution < 1.29 is 23.9 Å². The number of piperazine rings is 1. The van der Waals surface area contributed by atoms with Crippen LogP contribution in [0.3, 0.4) is 0 Å². The highest BCUT2D eigenvalue weighted by Crippen LogP contribution is 2.36. The normalized spacial score (nSPS) is 21.6. The summed E-state index contributed by atoms with van der Waals surface area (Å²) in [6.45, 7) is 12.0. The van der Waals surface area contributed by atoms with Crippen molar-refractivity contribution in [3.8, 4) is 11.8 Å². The highest BCUT2D eigenvalue weighted by Gasteiger charge is 2.45. The molecule has 2 unspecified atom stereocenters. The second-order valence-electron chi connectivity index (χ2n) is 17.5. The molecule has 4 saturated heterocycles. The fourth-order valence-corrected chi connectivity index (χ4v) is 9.99. The van der Waals surface area contributed by atoms with Crippen LogP contribution in [-0.4, -0.2) is 119 Å². The van der Waals surface area contributed by atoms with Crippen LogP contribution in [0, 0.1) is 11.3 Å². The minimum absolute atomic E-state index is 0.0970. The Labute approximate surface area is 366 Å². The smallest absolute Gasteiger partial charge is 0.262 e. The highest BCUT2D eigenvalue weighted by molar-refractivity contribution is 6.30. The van der Waals surface area contributed by atoms with Gasteiger partial charge >= 0.3 is 0 Å². The lowest BCUT2D eigenvalue weighted by Gasteiger charge is -2.40. The Hall–Kier alpha value is -5.88. The van der Waals surface area contributed by atoms with Crippen LogP contribution in [0.15, 0.2) is 72.9 Å². The van der Waals surface area contributed by atoms with Gasteiger partial charge in [0, 0.05) is 93.2 Å². The van der Waals surface area contributed by atoms with Gasteiger partial charge in [-0.25, -0.2) is 9.97 Å². The van der Waals surface area contributed by atoms with E-state index in [-0.39, 0.29) is 24.2 Å². The maximum Gasteiger partial charge on any atom is 0.262 e. The van der Waals surface area contributed by atoms with E-state index in [0.29, 0.717) is 40.4 Å². The summed E-state index contributed by atoms with van der Waals surface area (Å²) in [4.78, 5) is 71.1. The van der Waals surface area contributed by atoms with Gasteiger partial charge in [-0.1, -0.05) is 37.6 Å². The molecular formula is C47H50ClN9O5. The summed E-state index contributed by atoms with van der Waals surface area (Å²) in [5, 5.41) is 12.2. The second-order valence-corrected chi connectivity index (χ2v) is 17.9. The molecule has 1 aromatic heterocycles. The predicted molar refractivity (Wildman–Crippen MR) is 233 cm³/mol. The summed E-state index contributed by atoms with van der Waals surface area (Å²) in [7, 11) is 0. The molecule has 0 radical (unpaired) electrons. The zero-order valence-electron chi connectivity index (χ0n) is 35.1. The molecule has 6 heterocycles. The van der Waals surface area contributed by atoms with Crippen LogP contribution >= 0.6 is 11.6 Å². The Morgan fingerprint density at radius 2 is 1.53 bits per heavy atom. The molecule has 9 rings (SSSR count). The number of nitriles is 1. The van der Waals surface area contributed by atoms with Crippen molar-refractivity contribution in [2.24, 2.45) is 0 Å². The van der Waals surface area contributed by atoms with Crippen LogP contribution in [0.5, 0.6) is 5.75 Å². The summed E-state index contributed by atoms with van der Waals surface area (Å²) >= 11 is 6.31. The summed E-state index contributed by atoms with van der Waals surface area (Å²) in [6.07, 6.45) is 5.23. The topological polar surface area (TPSA) is 155 Å². The molecule has 0 spiro atoms. The van der Waals surface area contributed by atoms with E-state index in [0.717, 1.165) is 111 Å². The van der Waals surface area contributed by atoms with E-state index in [4.69, 9.17) is 21.3 Å². The molecule has 0 saturated carbocycles. The van der Waals surface area contributed by atoms with Crippen LogP contribution in [0.1, 0.15) is 89.1 Å². The van der Waals surface area contributed by atoms with Gasteiger partial charge in [-0.15, -0.1) is 0 Å². The Balaban J connectivity index is 0.730. The number of rotatable bonds is 10. The van der Waals surface area contributed by atoms with Gasteiger partial charge in [0.05, 0.1) is 28.5 Å². The number of amides is 4. The molecule has 15 heteroatoms. The lowest BCUT2D eigenvalue weighted by Crippen LogP contribution is -2.54. The minimum Gasteiger partial charge on any atom is -0.487 e. The monoisotopic (exact) mass is 855 g/mol. The number of ether oxygens (including phenoxy) is 1. The standard InChI is InChI=1S/C47H50ClN9O5/c1-47(2,32-23-30(27-49)24-33(48)25-32)31-3-6-38(7-4-31)62-29-34-11-15-50-46(51-34)55-21-19-54(20-22-55)37-14-18-56(28-37)35-12-16-53(17-13-35)36-5-8-39-40(26-36)45(61)57(44(39)60)41-9-10-42(58)52-43(41)59/h3-8,11,15,23-26,35,37,41H,9-10,12-14,16-22,28-29H2,1-2H3,(H,52,58,59). The zero-order valence-corrected chi connectivity index (χ0v) is 35.8. The van der Waals surface area contributed by atoms with E-state index < -0.39 is 23.8 Å². The van der Waals surface area contributed by atoms with Crippen molar-refractivity contribution in [1.29, 1.82) is 5.26 Å². The van der Waals surface area contributed by atoms with Crippen molar-refractivity contribution in [3.05, 3.63) is 111 Å². The lowest BCUT2D eigenvalue weighted by atomic mass is 9.78. The van der Waals surface area contributed by atoms with Gasteiger partial charge in [-0.3, -0.25) is 39.2 Å². The number of hydrogen-bond donors (Lipinski definition) is 1. The first-order valence-electron chi connectivity index (χ1n) is 21.6. The van der Waals surface area contributed by atoms with E-state index in [2.05, 4.69) is 61.9 Å². The lowest BCUT2D eigenvalue weighted by molar-refractivity contribution is -0.136. The average molecular weight is 856 g/mol. The van der Waals surface area contributed by atoms with Gasteiger partial charge in [-0.2, -0.15) is 5.26 Å². The van der Waals surface area contributed by atoms with Crippen LogP contribution < -0.4 is 19.9 Å². The number of nitrogens with one attached hydrogen (secondary N) is 1. The molecule has 4 aromatic rings. The Bertz CT molecular complexity index is 2440.